The van der Waals surface area contributed by atoms with E-state index in [1.165, 1.54) is 4.90 Å². The maximum absolute atomic E-state index is 13.7. The molecule has 0 saturated carbocycles. The SMILES string of the molecule is CC(C)NC(=O)C(Cc1ccccc1)N(Cc1ccc(Cl)cc1)C(=O)CCCN1C(=O)c2ccccc2C1=O. The van der Waals surface area contributed by atoms with Crippen LogP contribution < -0.4 is 5.32 Å². The van der Waals surface area contributed by atoms with Crippen LogP contribution in [0.4, 0.5) is 0 Å². The molecular formula is C31H32ClN3O4. The van der Waals surface area contributed by atoms with Crippen molar-refractivity contribution in [1.82, 2.24) is 15.1 Å². The van der Waals surface area contributed by atoms with Gasteiger partial charge in [0.15, 0.2) is 0 Å². The fraction of sp³-hybridized carbons (Fsp3) is 0.290. The summed E-state index contributed by atoms with van der Waals surface area (Å²) in [5.74, 6) is -1.17. The van der Waals surface area contributed by atoms with E-state index < -0.39 is 6.04 Å². The van der Waals surface area contributed by atoms with Crippen LogP contribution in [0.2, 0.25) is 5.02 Å². The molecule has 1 aliphatic rings. The van der Waals surface area contributed by atoms with Crippen LogP contribution in [0.1, 0.15) is 58.5 Å². The predicted octanol–water partition coefficient (Wildman–Crippen LogP) is 4.88. The molecule has 8 heteroatoms. The molecule has 1 atom stereocenters. The number of nitrogens with zero attached hydrogens (tertiary/aromatic N) is 2. The molecule has 3 aromatic rings. The molecule has 0 aliphatic carbocycles. The van der Waals surface area contributed by atoms with Crippen molar-refractivity contribution in [3.63, 3.8) is 0 Å². The molecule has 0 spiro atoms. The lowest BCUT2D eigenvalue weighted by Gasteiger charge is -2.32. The molecule has 39 heavy (non-hydrogen) atoms. The highest BCUT2D eigenvalue weighted by atomic mass is 35.5. The van der Waals surface area contributed by atoms with E-state index in [0.29, 0.717) is 22.6 Å². The summed E-state index contributed by atoms with van der Waals surface area (Å²) in [6.45, 7) is 4.09. The highest BCUT2D eigenvalue weighted by Crippen LogP contribution is 2.23. The Balaban J connectivity index is 1.54. The first kappa shape index (κ1) is 28.0. The van der Waals surface area contributed by atoms with E-state index in [1.807, 2.05) is 56.3 Å². The van der Waals surface area contributed by atoms with Gasteiger partial charge in [-0.25, -0.2) is 0 Å². The van der Waals surface area contributed by atoms with Crippen LogP contribution in [-0.2, 0) is 22.6 Å². The molecule has 1 unspecified atom stereocenters. The van der Waals surface area contributed by atoms with E-state index in [2.05, 4.69) is 5.32 Å². The number of halogens is 1. The van der Waals surface area contributed by atoms with Gasteiger partial charge in [-0.3, -0.25) is 24.1 Å². The largest absolute Gasteiger partial charge is 0.352 e. The minimum Gasteiger partial charge on any atom is -0.352 e. The minimum atomic E-state index is -0.753. The summed E-state index contributed by atoms with van der Waals surface area (Å²) < 4.78 is 0. The molecule has 4 amide bonds. The number of fused-ring (bicyclic) bond motifs is 1. The molecule has 0 aromatic heterocycles. The molecule has 202 valence electrons. The summed E-state index contributed by atoms with van der Waals surface area (Å²) >= 11 is 6.07. The number of hydrogen-bond donors (Lipinski definition) is 1. The van der Waals surface area contributed by atoms with Gasteiger partial charge >= 0.3 is 0 Å². The number of amides is 4. The first-order valence-corrected chi connectivity index (χ1v) is 13.5. The monoisotopic (exact) mass is 545 g/mol. The maximum Gasteiger partial charge on any atom is 0.261 e. The van der Waals surface area contributed by atoms with Crippen LogP contribution >= 0.6 is 11.6 Å². The third kappa shape index (κ3) is 6.92. The van der Waals surface area contributed by atoms with Crippen molar-refractivity contribution in [2.75, 3.05) is 6.54 Å². The molecule has 0 fully saturated rings. The second kappa shape index (κ2) is 12.7. The zero-order chi connectivity index (χ0) is 27.9. The van der Waals surface area contributed by atoms with Crippen molar-refractivity contribution in [2.45, 2.75) is 51.7 Å². The van der Waals surface area contributed by atoms with Gasteiger partial charge < -0.3 is 10.2 Å². The fourth-order valence-electron chi connectivity index (χ4n) is 4.70. The lowest BCUT2D eigenvalue weighted by Crippen LogP contribution is -2.51. The van der Waals surface area contributed by atoms with Crippen molar-refractivity contribution in [3.8, 4) is 0 Å². The smallest absolute Gasteiger partial charge is 0.261 e. The first-order chi connectivity index (χ1) is 18.7. The van der Waals surface area contributed by atoms with E-state index in [1.54, 1.807) is 41.3 Å². The quantitative estimate of drug-likeness (QED) is 0.348. The van der Waals surface area contributed by atoms with Crippen LogP contribution in [0.5, 0.6) is 0 Å². The van der Waals surface area contributed by atoms with Crippen molar-refractivity contribution in [3.05, 3.63) is 106 Å². The van der Waals surface area contributed by atoms with Gasteiger partial charge in [-0.05, 0) is 55.7 Å². The lowest BCUT2D eigenvalue weighted by atomic mass is 10.0. The van der Waals surface area contributed by atoms with Gasteiger partial charge in [-0.15, -0.1) is 0 Å². The molecule has 3 aromatic carbocycles. The lowest BCUT2D eigenvalue weighted by molar-refractivity contribution is -0.141. The van der Waals surface area contributed by atoms with Gasteiger partial charge in [-0.2, -0.15) is 0 Å². The molecule has 1 N–H and O–H groups in total. The molecule has 4 rings (SSSR count). The average molecular weight is 546 g/mol. The summed E-state index contributed by atoms with van der Waals surface area (Å²) in [4.78, 5) is 55.4. The van der Waals surface area contributed by atoms with Crippen LogP contribution in [0.15, 0.2) is 78.9 Å². The predicted molar refractivity (Wildman–Crippen MR) is 150 cm³/mol. The average Bonchev–Trinajstić information content (AvgIpc) is 3.16. The summed E-state index contributed by atoms with van der Waals surface area (Å²) in [6, 6.07) is 22.6. The molecular weight excluding hydrogens is 514 g/mol. The van der Waals surface area contributed by atoms with E-state index in [-0.39, 0.29) is 55.6 Å². The molecule has 1 aliphatic heterocycles. The molecule has 1 heterocycles. The van der Waals surface area contributed by atoms with Gasteiger partial charge in [0.25, 0.3) is 11.8 Å². The molecule has 0 bridgehead atoms. The van der Waals surface area contributed by atoms with Gasteiger partial charge in [-0.1, -0.05) is 66.2 Å². The first-order valence-electron chi connectivity index (χ1n) is 13.1. The fourth-order valence-corrected chi connectivity index (χ4v) is 4.82. The van der Waals surface area contributed by atoms with E-state index in [4.69, 9.17) is 11.6 Å². The number of hydrogen-bond acceptors (Lipinski definition) is 4. The van der Waals surface area contributed by atoms with Gasteiger partial charge in [0.1, 0.15) is 6.04 Å². The third-order valence-corrected chi connectivity index (χ3v) is 6.87. The Morgan fingerprint density at radius 3 is 2.03 bits per heavy atom. The zero-order valence-corrected chi connectivity index (χ0v) is 22.9. The molecule has 0 saturated heterocycles. The van der Waals surface area contributed by atoms with Crippen LogP contribution in [0.3, 0.4) is 0 Å². The Labute approximate surface area is 233 Å². The van der Waals surface area contributed by atoms with E-state index in [0.717, 1.165) is 11.1 Å². The highest BCUT2D eigenvalue weighted by Gasteiger charge is 2.35. The Morgan fingerprint density at radius 2 is 1.44 bits per heavy atom. The topological polar surface area (TPSA) is 86.8 Å². The van der Waals surface area contributed by atoms with Gasteiger partial charge in [0, 0.05) is 37.0 Å². The standard InChI is InChI=1S/C31H32ClN3O4/c1-21(2)33-29(37)27(19-22-9-4-3-5-10-22)35(20-23-14-16-24(32)17-15-23)28(36)13-8-18-34-30(38)25-11-6-7-12-26(25)31(34)39/h3-7,9-12,14-17,21,27H,8,13,18-20H2,1-2H3,(H,33,37). The molecule has 0 radical (unpaired) electrons. The minimum absolute atomic E-state index is 0.0707. The van der Waals surface area contributed by atoms with Crippen molar-refractivity contribution >= 4 is 35.2 Å². The van der Waals surface area contributed by atoms with Gasteiger partial charge in [0.2, 0.25) is 11.8 Å². The number of carbonyl (C=O) groups excluding carboxylic acids is 4. The van der Waals surface area contributed by atoms with Crippen LogP contribution in [0.25, 0.3) is 0 Å². The van der Waals surface area contributed by atoms with E-state index in [9.17, 15) is 19.2 Å². The zero-order valence-electron chi connectivity index (χ0n) is 22.1. The van der Waals surface area contributed by atoms with Crippen molar-refractivity contribution in [1.29, 1.82) is 0 Å². The second-order valence-corrected chi connectivity index (χ2v) is 10.4. The Hall–Kier alpha value is -3.97. The Morgan fingerprint density at radius 1 is 0.846 bits per heavy atom. The number of benzene rings is 3. The summed E-state index contributed by atoms with van der Waals surface area (Å²) in [6.07, 6.45) is 0.698. The Kier molecular flexibility index (Phi) is 9.15. The summed E-state index contributed by atoms with van der Waals surface area (Å²) in [7, 11) is 0. The normalized spacial score (nSPS) is 13.4. The van der Waals surface area contributed by atoms with Crippen LogP contribution in [-0.4, -0.2) is 52.1 Å². The number of carbonyl (C=O) groups is 4. The maximum atomic E-state index is 13.7. The van der Waals surface area contributed by atoms with Crippen molar-refractivity contribution < 1.29 is 19.2 Å². The second-order valence-electron chi connectivity index (χ2n) is 9.93. The van der Waals surface area contributed by atoms with E-state index >= 15 is 0 Å². The highest BCUT2D eigenvalue weighted by molar-refractivity contribution is 6.30. The molecule has 7 nitrogen and oxygen atoms in total. The van der Waals surface area contributed by atoms with Gasteiger partial charge in [0.05, 0.1) is 11.1 Å². The Bertz CT molecular complexity index is 1310. The van der Waals surface area contributed by atoms with Crippen molar-refractivity contribution in [2.24, 2.45) is 0 Å². The van der Waals surface area contributed by atoms with Crippen LogP contribution in [0, 0.1) is 0 Å². The number of imide groups is 1. The number of nitrogens with one attached hydrogen (secondary N) is 1. The number of rotatable bonds is 11. The summed E-state index contributed by atoms with van der Waals surface area (Å²) in [5.41, 5.74) is 2.53. The summed E-state index contributed by atoms with van der Waals surface area (Å²) in [5, 5.41) is 3.54. The third-order valence-electron chi connectivity index (χ3n) is 6.62.